The van der Waals surface area contributed by atoms with Crippen LogP contribution in [0.15, 0.2) is 35.3 Å². The molecule has 0 amide bonds. The van der Waals surface area contributed by atoms with Crippen molar-refractivity contribution < 1.29 is 4.74 Å². The van der Waals surface area contributed by atoms with Gasteiger partial charge in [-0.2, -0.15) is 0 Å². The van der Waals surface area contributed by atoms with Crippen molar-refractivity contribution in [2.75, 3.05) is 26.2 Å². The summed E-state index contributed by atoms with van der Waals surface area (Å²) in [5.41, 5.74) is 1.38. The van der Waals surface area contributed by atoms with Crippen LogP contribution in [0.4, 0.5) is 0 Å². The quantitative estimate of drug-likeness (QED) is 0.380. The van der Waals surface area contributed by atoms with E-state index in [-0.39, 0.29) is 24.0 Å². The molecule has 3 rings (SSSR count). The highest BCUT2D eigenvalue weighted by molar-refractivity contribution is 14.0. The second-order valence-corrected chi connectivity index (χ2v) is 7.20. The van der Waals surface area contributed by atoms with Gasteiger partial charge in [0.1, 0.15) is 0 Å². The standard InChI is InChI=1S/C20H32N4O.HI/c1-3-21-20(22-13-19-10-7-11-25-19)23-18-12-16(2)24(15-18)14-17-8-5-4-6-9-17;/h4-6,8-9,16,18-19H,3,7,10-15H2,1-2H3,(H2,21,22,23);1H. The van der Waals surface area contributed by atoms with Crippen molar-refractivity contribution in [2.24, 2.45) is 4.99 Å². The zero-order valence-electron chi connectivity index (χ0n) is 16.0. The normalized spacial score (nSPS) is 26.5. The fourth-order valence-electron chi connectivity index (χ4n) is 3.74. The van der Waals surface area contributed by atoms with E-state index in [1.807, 2.05) is 0 Å². The van der Waals surface area contributed by atoms with E-state index in [4.69, 9.17) is 9.73 Å². The third kappa shape index (κ3) is 6.39. The summed E-state index contributed by atoms with van der Waals surface area (Å²) in [4.78, 5) is 7.30. The first-order chi connectivity index (χ1) is 12.2. The molecule has 0 spiro atoms. The van der Waals surface area contributed by atoms with Crippen LogP contribution in [-0.2, 0) is 11.3 Å². The molecule has 0 saturated carbocycles. The van der Waals surface area contributed by atoms with Crippen molar-refractivity contribution in [1.82, 2.24) is 15.5 Å². The lowest BCUT2D eigenvalue weighted by Crippen LogP contribution is -2.44. The summed E-state index contributed by atoms with van der Waals surface area (Å²) in [6.45, 7) is 9.03. The van der Waals surface area contributed by atoms with Crippen LogP contribution in [0.3, 0.4) is 0 Å². The van der Waals surface area contributed by atoms with E-state index in [0.29, 0.717) is 18.2 Å². The molecule has 2 fully saturated rings. The molecule has 2 aliphatic heterocycles. The molecule has 0 aromatic heterocycles. The predicted molar refractivity (Wildman–Crippen MR) is 118 cm³/mol. The van der Waals surface area contributed by atoms with Crippen molar-refractivity contribution in [1.29, 1.82) is 0 Å². The SMILES string of the molecule is CCNC(=NCC1CCCO1)NC1CC(C)N(Cc2ccccc2)C1.I. The van der Waals surface area contributed by atoms with Gasteiger partial charge >= 0.3 is 0 Å². The highest BCUT2D eigenvalue weighted by Crippen LogP contribution is 2.20. The Balaban J connectivity index is 0.00000243. The molecule has 1 aromatic carbocycles. The van der Waals surface area contributed by atoms with Crippen LogP contribution < -0.4 is 10.6 Å². The minimum absolute atomic E-state index is 0. The minimum Gasteiger partial charge on any atom is -0.376 e. The zero-order chi connectivity index (χ0) is 17.5. The molecule has 6 heteroatoms. The first kappa shape index (κ1) is 21.4. The Labute approximate surface area is 175 Å². The summed E-state index contributed by atoms with van der Waals surface area (Å²) >= 11 is 0. The predicted octanol–water partition coefficient (Wildman–Crippen LogP) is 3.00. The molecule has 1 aromatic rings. The van der Waals surface area contributed by atoms with Crippen LogP contribution in [0.2, 0.25) is 0 Å². The van der Waals surface area contributed by atoms with Gasteiger partial charge in [0.15, 0.2) is 5.96 Å². The zero-order valence-corrected chi connectivity index (χ0v) is 18.3. The van der Waals surface area contributed by atoms with E-state index in [2.05, 4.69) is 59.7 Å². The number of halogens is 1. The van der Waals surface area contributed by atoms with Crippen molar-refractivity contribution in [3.05, 3.63) is 35.9 Å². The number of nitrogens with one attached hydrogen (secondary N) is 2. The molecule has 3 unspecified atom stereocenters. The van der Waals surface area contributed by atoms with Gasteiger partial charge in [0.25, 0.3) is 0 Å². The minimum atomic E-state index is 0. The van der Waals surface area contributed by atoms with Crippen LogP contribution >= 0.6 is 24.0 Å². The molecule has 5 nitrogen and oxygen atoms in total. The maximum absolute atomic E-state index is 5.68. The average molecular weight is 472 g/mol. The van der Waals surface area contributed by atoms with Crippen molar-refractivity contribution >= 4 is 29.9 Å². The van der Waals surface area contributed by atoms with Gasteiger partial charge in [-0.3, -0.25) is 9.89 Å². The highest BCUT2D eigenvalue weighted by Gasteiger charge is 2.29. The largest absolute Gasteiger partial charge is 0.376 e. The van der Waals surface area contributed by atoms with Crippen LogP contribution in [-0.4, -0.2) is 55.3 Å². The fourth-order valence-corrected chi connectivity index (χ4v) is 3.74. The van der Waals surface area contributed by atoms with Gasteiger partial charge in [0.05, 0.1) is 12.6 Å². The smallest absolute Gasteiger partial charge is 0.191 e. The number of nitrogens with zero attached hydrogens (tertiary/aromatic N) is 2. The summed E-state index contributed by atoms with van der Waals surface area (Å²) in [6.07, 6.45) is 3.75. The van der Waals surface area contributed by atoms with Gasteiger partial charge in [-0.05, 0) is 38.7 Å². The van der Waals surface area contributed by atoms with Crippen molar-refractivity contribution in [3.63, 3.8) is 0 Å². The Morgan fingerprint density at radius 1 is 1.31 bits per heavy atom. The first-order valence-electron chi connectivity index (χ1n) is 9.69. The summed E-state index contributed by atoms with van der Waals surface area (Å²) in [6, 6.07) is 11.8. The number of rotatable bonds is 6. The van der Waals surface area contributed by atoms with Gasteiger partial charge in [0.2, 0.25) is 0 Å². The van der Waals surface area contributed by atoms with Crippen LogP contribution in [0, 0.1) is 0 Å². The number of guanidine groups is 1. The molecule has 2 aliphatic rings. The molecule has 2 N–H and O–H groups in total. The van der Waals surface area contributed by atoms with E-state index in [1.165, 1.54) is 12.0 Å². The second kappa shape index (κ2) is 11.1. The van der Waals surface area contributed by atoms with Gasteiger partial charge in [-0.15, -0.1) is 24.0 Å². The van der Waals surface area contributed by atoms with Gasteiger partial charge in [0, 0.05) is 38.3 Å². The maximum Gasteiger partial charge on any atom is 0.191 e. The Kier molecular flexibility index (Phi) is 9.15. The average Bonchev–Trinajstić information content (AvgIpc) is 3.24. The van der Waals surface area contributed by atoms with Crippen molar-refractivity contribution in [2.45, 2.75) is 57.8 Å². The maximum atomic E-state index is 5.68. The van der Waals surface area contributed by atoms with E-state index in [1.54, 1.807) is 0 Å². The molecule has 0 aliphatic carbocycles. The van der Waals surface area contributed by atoms with Crippen LogP contribution in [0.5, 0.6) is 0 Å². The molecule has 0 bridgehead atoms. The lowest BCUT2D eigenvalue weighted by atomic mass is 10.2. The molecule has 146 valence electrons. The number of hydrogen-bond acceptors (Lipinski definition) is 3. The van der Waals surface area contributed by atoms with Gasteiger partial charge in [-0.25, -0.2) is 0 Å². The highest BCUT2D eigenvalue weighted by atomic mass is 127. The first-order valence-corrected chi connectivity index (χ1v) is 9.69. The Morgan fingerprint density at radius 3 is 2.81 bits per heavy atom. The van der Waals surface area contributed by atoms with E-state index >= 15 is 0 Å². The van der Waals surface area contributed by atoms with Gasteiger partial charge < -0.3 is 15.4 Å². The third-order valence-electron chi connectivity index (χ3n) is 5.09. The number of aliphatic imine (C=N–C) groups is 1. The van der Waals surface area contributed by atoms with Crippen LogP contribution in [0.25, 0.3) is 0 Å². The Hall–Kier alpha value is -0.860. The van der Waals surface area contributed by atoms with E-state index < -0.39 is 0 Å². The summed E-state index contributed by atoms with van der Waals surface area (Å²) in [7, 11) is 0. The lowest BCUT2D eigenvalue weighted by molar-refractivity contribution is 0.117. The number of benzene rings is 1. The monoisotopic (exact) mass is 472 g/mol. The van der Waals surface area contributed by atoms with E-state index in [0.717, 1.165) is 51.6 Å². The Bertz CT molecular complexity index is 548. The summed E-state index contributed by atoms with van der Waals surface area (Å²) in [5.74, 6) is 0.928. The lowest BCUT2D eigenvalue weighted by Gasteiger charge is -2.21. The van der Waals surface area contributed by atoms with Crippen molar-refractivity contribution in [3.8, 4) is 0 Å². The van der Waals surface area contributed by atoms with E-state index in [9.17, 15) is 0 Å². The molecule has 3 atom stereocenters. The molecule has 26 heavy (non-hydrogen) atoms. The fraction of sp³-hybridized carbons (Fsp3) is 0.650. The van der Waals surface area contributed by atoms with Crippen LogP contribution in [0.1, 0.15) is 38.7 Å². The summed E-state index contributed by atoms with van der Waals surface area (Å²) < 4.78 is 5.68. The number of likely N-dealkylation sites (tertiary alicyclic amines) is 1. The second-order valence-electron chi connectivity index (χ2n) is 7.20. The molecular weight excluding hydrogens is 439 g/mol. The molecular formula is C20H33IN4O. The molecule has 0 radical (unpaired) electrons. The number of ether oxygens (including phenoxy) is 1. The Morgan fingerprint density at radius 2 is 2.12 bits per heavy atom. The summed E-state index contributed by atoms with van der Waals surface area (Å²) in [5, 5.41) is 7.01. The number of hydrogen-bond donors (Lipinski definition) is 2. The molecule has 2 heterocycles. The van der Waals surface area contributed by atoms with Gasteiger partial charge in [-0.1, -0.05) is 30.3 Å². The molecule has 2 saturated heterocycles. The third-order valence-corrected chi connectivity index (χ3v) is 5.09. The topological polar surface area (TPSA) is 48.9 Å².